The van der Waals surface area contributed by atoms with Gasteiger partial charge in [-0.2, -0.15) is 0 Å². The van der Waals surface area contributed by atoms with Crippen molar-refractivity contribution in [1.82, 2.24) is 4.90 Å². The predicted octanol–water partition coefficient (Wildman–Crippen LogP) is 2.61. The first-order valence-corrected chi connectivity index (χ1v) is 7.82. The first-order valence-electron chi connectivity index (χ1n) is 7.82. The number of aryl methyl sites for hydroxylation is 1. The minimum absolute atomic E-state index is 0.328. The van der Waals surface area contributed by atoms with E-state index in [2.05, 4.69) is 43.1 Å². The van der Waals surface area contributed by atoms with Crippen molar-refractivity contribution in [3.8, 4) is 0 Å². The highest BCUT2D eigenvalue weighted by atomic mass is 16.5. The Morgan fingerprint density at radius 2 is 2.00 bits per heavy atom. The van der Waals surface area contributed by atoms with Gasteiger partial charge in [-0.25, -0.2) is 0 Å². The lowest BCUT2D eigenvalue weighted by molar-refractivity contribution is 0.0506. The molecule has 1 atom stereocenters. The molecule has 1 aromatic rings. The van der Waals surface area contributed by atoms with Crippen molar-refractivity contribution >= 4 is 0 Å². The van der Waals surface area contributed by atoms with Gasteiger partial charge in [0.25, 0.3) is 0 Å². The largest absolute Gasteiger partial charge is 0.381 e. The monoisotopic (exact) mass is 276 g/mol. The van der Waals surface area contributed by atoms with Gasteiger partial charge in [0.05, 0.1) is 0 Å². The van der Waals surface area contributed by atoms with Crippen LogP contribution in [0.25, 0.3) is 0 Å². The van der Waals surface area contributed by atoms with E-state index in [9.17, 15) is 0 Å². The third-order valence-corrected chi connectivity index (χ3v) is 4.44. The van der Waals surface area contributed by atoms with Crippen molar-refractivity contribution in [2.45, 2.75) is 32.2 Å². The lowest BCUT2D eigenvalue weighted by Gasteiger charge is -2.33. The second-order valence-electron chi connectivity index (χ2n) is 5.80. The lowest BCUT2D eigenvalue weighted by Crippen LogP contribution is -2.36. The molecule has 20 heavy (non-hydrogen) atoms. The summed E-state index contributed by atoms with van der Waals surface area (Å²) >= 11 is 0. The average Bonchev–Trinajstić information content (AvgIpc) is 2.49. The number of benzene rings is 1. The summed E-state index contributed by atoms with van der Waals surface area (Å²) in [6.07, 6.45) is 3.42. The molecule has 1 aliphatic rings. The summed E-state index contributed by atoms with van der Waals surface area (Å²) in [5.74, 6) is 0.747. The first kappa shape index (κ1) is 15.5. The number of hydrogen-bond acceptors (Lipinski definition) is 3. The quantitative estimate of drug-likeness (QED) is 0.868. The molecule has 0 aromatic heterocycles. The number of nitrogens with two attached hydrogens (primary N) is 1. The maximum atomic E-state index is 6.07. The maximum absolute atomic E-state index is 6.07. The molecule has 0 saturated carbocycles. The van der Waals surface area contributed by atoms with Gasteiger partial charge in [-0.3, -0.25) is 4.90 Å². The summed E-state index contributed by atoms with van der Waals surface area (Å²) < 4.78 is 5.45. The van der Waals surface area contributed by atoms with Crippen LogP contribution in [-0.2, 0) is 11.2 Å². The predicted molar refractivity (Wildman–Crippen MR) is 83.8 cm³/mol. The van der Waals surface area contributed by atoms with Crippen molar-refractivity contribution < 1.29 is 4.74 Å². The van der Waals surface area contributed by atoms with Crippen LogP contribution < -0.4 is 5.73 Å². The van der Waals surface area contributed by atoms with Gasteiger partial charge in [0, 0.05) is 32.3 Å². The summed E-state index contributed by atoms with van der Waals surface area (Å²) in [6.45, 7) is 5.83. The fourth-order valence-corrected chi connectivity index (χ4v) is 3.19. The molecule has 3 nitrogen and oxygen atoms in total. The molecule has 2 rings (SSSR count). The zero-order chi connectivity index (χ0) is 14.4. The van der Waals surface area contributed by atoms with Crippen LogP contribution in [0.15, 0.2) is 24.3 Å². The summed E-state index contributed by atoms with van der Waals surface area (Å²) in [4.78, 5) is 2.44. The minimum atomic E-state index is 0.328. The Labute approximate surface area is 123 Å². The van der Waals surface area contributed by atoms with Crippen molar-refractivity contribution in [2.24, 2.45) is 11.7 Å². The van der Waals surface area contributed by atoms with Crippen molar-refractivity contribution in [1.29, 1.82) is 0 Å². The Kier molecular flexibility index (Phi) is 6.02. The zero-order valence-electron chi connectivity index (χ0n) is 12.8. The fourth-order valence-electron chi connectivity index (χ4n) is 3.19. The standard InChI is InChI=1S/C17H28N2O/c1-3-15-6-4-5-7-16(15)17(12-18)19(2)13-14-8-10-20-11-9-14/h4-7,14,17H,3,8-13,18H2,1-2H3. The molecule has 0 amide bonds. The van der Waals surface area contributed by atoms with Crippen molar-refractivity contribution in [2.75, 3.05) is 33.4 Å². The Hall–Kier alpha value is -0.900. The molecule has 1 aromatic carbocycles. The van der Waals surface area contributed by atoms with Crippen LogP contribution in [0.4, 0.5) is 0 Å². The Morgan fingerprint density at radius 1 is 1.30 bits per heavy atom. The van der Waals surface area contributed by atoms with E-state index in [1.165, 1.54) is 24.0 Å². The average molecular weight is 276 g/mol. The van der Waals surface area contributed by atoms with Gasteiger partial charge in [-0.15, -0.1) is 0 Å². The molecular weight excluding hydrogens is 248 g/mol. The summed E-state index contributed by atoms with van der Waals surface area (Å²) in [5, 5.41) is 0. The second kappa shape index (κ2) is 7.77. The van der Waals surface area contributed by atoms with Crippen LogP contribution in [0.3, 0.4) is 0 Å². The molecule has 2 N–H and O–H groups in total. The van der Waals surface area contributed by atoms with Crippen LogP contribution in [0.2, 0.25) is 0 Å². The number of nitrogens with zero attached hydrogens (tertiary/aromatic N) is 1. The fraction of sp³-hybridized carbons (Fsp3) is 0.647. The van der Waals surface area contributed by atoms with Gasteiger partial charge in [-0.1, -0.05) is 31.2 Å². The van der Waals surface area contributed by atoms with E-state index in [-0.39, 0.29) is 0 Å². The van der Waals surface area contributed by atoms with E-state index < -0.39 is 0 Å². The third kappa shape index (κ3) is 3.81. The number of rotatable bonds is 6. The highest BCUT2D eigenvalue weighted by molar-refractivity contribution is 5.30. The summed E-state index contributed by atoms with van der Waals surface area (Å²) in [5.41, 5.74) is 8.88. The Morgan fingerprint density at radius 3 is 2.65 bits per heavy atom. The Balaban J connectivity index is 2.06. The minimum Gasteiger partial charge on any atom is -0.381 e. The maximum Gasteiger partial charge on any atom is 0.0470 e. The van der Waals surface area contributed by atoms with Gasteiger partial charge in [-0.05, 0) is 43.4 Å². The molecular formula is C17H28N2O. The van der Waals surface area contributed by atoms with E-state index in [4.69, 9.17) is 10.5 Å². The molecule has 1 fully saturated rings. The van der Waals surface area contributed by atoms with E-state index in [1.807, 2.05) is 0 Å². The van der Waals surface area contributed by atoms with Crippen LogP contribution >= 0.6 is 0 Å². The van der Waals surface area contributed by atoms with E-state index in [1.54, 1.807) is 0 Å². The van der Waals surface area contributed by atoms with Gasteiger partial charge in [0.15, 0.2) is 0 Å². The van der Waals surface area contributed by atoms with Crippen LogP contribution in [0.1, 0.15) is 36.9 Å². The molecule has 0 aliphatic carbocycles. The van der Waals surface area contributed by atoms with Crippen molar-refractivity contribution in [3.05, 3.63) is 35.4 Å². The van der Waals surface area contributed by atoms with E-state index in [0.717, 1.165) is 32.1 Å². The van der Waals surface area contributed by atoms with Crippen LogP contribution in [-0.4, -0.2) is 38.3 Å². The SMILES string of the molecule is CCc1ccccc1C(CN)N(C)CC1CCOCC1. The van der Waals surface area contributed by atoms with Gasteiger partial charge >= 0.3 is 0 Å². The third-order valence-electron chi connectivity index (χ3n) is 4.44. The molecule has 0 bridgehead atoms. The molecule has 1 saturated heterocycles. The number of ether oxygens (including phenoxy) is 1. The molecule has 112 valence electrons. The normalized spacial score (nSPS) is 18.4. The molecule has 1 unspecified atom stereocenters. The second-order valence-corrected chi connectivity index (χ2v) is 5.80. The first-order chi connectivity index (χ1) is 9.76. The topological polar surface area (TPSA) is 38.5 Å². The molecule has 3 heteroatoms. The highest BCUT2D eigenvalue weighted by Gasteiger charge is 2.22. The van der Waals surface area contributed by atoms with Gasteiger partial charge in [0.2, 0.25) is 0 Å². The summed E-state index contributed by atoms with van der Waals surface area (Å²) in [6, 6.07) is 9.03. The molecule has 1 aliphatic heterocycles. The number of likely N-dealkylation sites (N-methyl/N-ethyl adjacent to an activating group) is 1. The highest BCUT2D eigenvalue weighted by Crippen LogP contribution is 2.25. The van der Waals surface area contributed by atoms with Crippen molar-refractivity contribution in [3.63, 3.8) is 0 Å². The smallest absolute Gasteiger partial charge is 0.0470 e. The van der Waals surface area contributed by atoms with Gasteiger partial charge in [0.1, 0.15) is 0 Å². The lowest BCUT2D eigenvalue weighted by atomic mass is 9.95. The molecule has 1 heterocycles. The zero-order valence-corrected chi connectivity index (χ0v) is 12.8. The summed E-state index contributed by atoms with van der Waals surface area (Å²) in [7, 11) is 2.21. The number of hydrogen-bond donors (Lipinski definition) is 1. The van der Waals surface area contributed by atoms with E-state index in [0.29, 0.717) is 12.6 Å². The van der Waals surface area contributed by atoms with Crippen LogP contribution in [0.5, 0.6) is 0 Å². The van der Waals surface area contributed by atoms with Crippen LogP contribution in [0, 0.1) is 5.92 Å². The van der Waals surface area contributed by atoms with Gasteiger partial charge < -0.3 is 10.5 Å². The van der Waals surface area contributed by atoms with E-state index >= 15 is 0 Å². The molecule has 0 radical (unpaired) electrons. The Bertz CT molecular complexity index is 402. The molecule has 0 spiro atoms.